The van der Waals surface area contributed by atoms with Crippen molar-refractivity contribution in [2.75, 3.05) is 45.8 Å². The van der Waals surface area contributed by atoms with Crippen molar-refractivity contribution in [1.29, 1.82) is 0 Å². The number of piperazine rings is 1. The van der Waals surface area contributed by atoms with Gasteiger partial charge in [0.2, 0.25) is 0 Å². The maximum atomic E-state index is 3.57. The van der Waals surface area contributed by atoms with E-state index in [1.165, 1.54) is 39.1 Å². The number of likely N-dealkylation sites (N-methyl/N-ethyl adjacent to an activating group) is 1. The Labute approximate surface area is 114 Å². The van der Waals surface area contributed by atoms with Gasteiger partial charge in [0.05, 0.1) is 0 Å². The van der Waals surface area contributed by atoms with Crippen molar-refractivity contribution < 1.29 is 0 Å². The molecule has 1 heterocycles. The predicted molar refractivity (Wildman–Crippen MR) is 80.1 cm³/mol. The third-order valence-electron chi connectivity index (χ3n) is 3.91. The number of nitrogens with zero attached hydrogens (tertiary/aromatic N) is 2. The van der Waals surface area contributed by atoms with Gasteiger partial charge in [0.1, 0.15) is 0 Å². The summed E-state index contributed by atoms with van der Waals surface area (Å²) in [6.45, 7) is 19.9. The second-order valence-corrected chi connectivity index (χ2v) is 6.84. The van der Waals surface area contributed by atoms with Crippen molar-refractivity contribution in [3.8, 4) is 0 Å². The summed E-state index contributed by atoms with van der Waals surface area (Å²) in [7, 11) is 0. The van der Waals surface area contributed by atoms with Gasteiger partial charge in [-0.15, -0.1) is 0 Å². The molecular weight excluding hydrogens is 222 g/mol. The molecule has 0 aliphatic carbocycles. The molecule has 1 fully saturated rings. The second kappa shape index (κ2) is 7.46. The Hall–Kier alpha value is -0.120. The third-order valence-corrected chi connectivity index (χ3v) is 3.91. The zero-order valence-electron chi connectivity index (χ0n) is 13.1. The SMILES string of the molecule is CCN1CCN(CCNCCC(C)(C)C)CC1C. The maximum Gasteiger partial charge on any atom is 0.0195 e. The number of nitrogens with one attached hydrogen (secondary N) is 1. The number of hydrogen-bond donors (Lipinski definition) is 1. The van der Waals surface area contributed by atoms with Gasteiger partial charge in [0, 0.05) is 38.8 Å². The highest BCUT2D eigenvalue weighted by molar-refractivity contribution is 4.78. The Bertz CT molecular complexity index is 222. The normalized spacial score (nSPS) is 23.5. The van der Waals surface area contributed by atoms with Crippen LogP contribution in [0.15, 0.2) is 0 Å². The molecule has 108 valence electrons. The molecule has 0 spiro atoms. The second-order valence-electron chi connectivity index (χ2n) is 6.84. The van der Waals surface area contributed by atoms with Crippen LogP contribution in [0.2, 0.25) is 0 Å². The van der Waals surface area contributed by atoms with Crippen LogP contribution in [0, 0.1) is 5.41 Å². The standard InChI is InChI=1S/C15H33N3/c1-6-18-12-11-17(13-14(18)2)10-9-16-8-7-15(3,4)5/h14,16H,6-13H2,1-5H3. The van der Waals surface area contributed by atoms with E-state index in [9.17, 15) is 0 Å². The molecule has 18 heavy (non-hydrogen) atoms. The van der Waals surface area contributed by atoms with E-state index in [2.05, 4.69) is 49.7 Å². The Morgan fingerprint density at radius 3 is 2.44 bits per heavy atom. The molecule has 1 N–H and O–H groups in total. The molecule has 0 radical (unpaired) electrons. The quantitative estimate of drug-likeness (QED) is 0.733. The molecule has 0 aromatic carbocycles. The summed E-state index contributed by atoms with van der Waals surface area (Å²) in [4.78, 5) is 5.17. The molecule has 0 saturated carbocycles. The van der Waals surface area contributed by atoms with E-state index in [0.29, 0.717) is 5.41 Å². The van der Waals surface area contributed by atoms with Crippen LogP contribution < -0.4 is 5.32 Å². The summed E-state index contributed by atoms with van der Waals surface area (Å²) in [5, 5.41) is 3.57. The summed E-state index contributed by atoms with van der Waals surface area (Å²) < 4.78 is 0. The average Bonchev–Trinajstić information content (AvgIpc) is 2.27. The van der Waals surface area contributed by atoms with Crippen molar-refractivity contribution in [2.45, 2.75) is 47.1 Å². The Kier molecular flexibility index (Phi) is 6.61. The Balaban J connectivity index is 2.07. The highest BCUT2D eigenvalue weighted by Gasteiger charge is 2.21. The molecule has 0 aromatic heterocycles. The molecule has 1 aliphatic heterocycles. The van der Waals surface area contributed by atoms with Crippen molar-refractivity contribution in [1.82, 2.24) is 15.1 Å². The van der Waals surface area contributed by atoms with Crippen molar-refractivity contribution >= 4 is 0 Å². The lowest BCUT2D eigenvalue weighted by molar-refractivity contribution is 0.0886. The maximum absolute atomic E-state index is 3.57. The predicted octanol–water partition coefficient (Wildman–Crippen LogP) is 2.04. The van der Waals surface area contributed by atoms with Gasteiger partial charge in [-0.3, -0.25) is 9.80 Å². The molecule has 3 heteroatoms. The van der Waals surface area contributed by atoms with Gasteiger partial charge >= 0.3 is 0 Å². The molecule has 1 atom stereocenters. The lowest BCUT2D eigenvalue weighted by Gasteiger charge is -2.39. The monoisotopic (exact) mass is 255 g/mol. The minimum Gasteiger partial charge on any atom is -0.315 e. The fourth-order valence-corrected chi connectivity index (χ4v) is 2.57. The van der Waals surface area contributed by atoms with E-state index in [-0.39, 0.29) is 0 Å². The molecule has 1 saturated heterocycles. The molecule has 0 bridgehead atoms. The zero-order chi connectivity index (χ0) is 13.6. The van der Waals surface area contributed by atoms with Gasteiger partial charge in [-0.2, -0.15) is 0 Å². The lowest BCUT2D eigenvalue weighted by atomic mass is 9.92. The number of rotatable bonds is 6. The first-order valence-electron chi connectivity index (χ1n) is 7.59. The van der Waals surface area contributed by atoms with Gasteiger partial charge in [-0.05, 0) is 31.8 Å². The summed E-state index contributed by atoms with van der Waals surface area (Å²) in [5.74, 6) is 0. The molecule has 1 aliphatic rings. The summed E-state index contributed by atoms with van der Waals surface area (Å²) >= 11 is 0. The van der Waals surface area contributed by atoms with Crippen molar-refractivity contribution in [3.63, 3.8) is 0 Å². The molecule has 3 nitrogen and oxygen atoms in total. The Morgan fingerprint density at radius 1 is 1.17 bits per heavy atom. The van der Waals surface area contributed by atoms with E-state index in [4.69, 9.17) is 0 Å². The lowest BCUT2D eigenvalue weighted by Crippen LogP contribution is -2.52. The topological polar surface area (TPSA) is 18.5 Å². The van der Waals surface area contributed by atoms with Crippen LogP contribution in [0.25, 0.3) is 0 Å². The largest absolute Gasteiger partial charge is 0.315 e. The van der Waals surface area contributed by atoms with Gasteiger partial charge in [0.15, 0.2) is 0 Å². The van der Waals surface area contributed by atoms with Crippen molar-refractivity contribution in [3.05, 3.63) is 0 Å². The smallest absolute Gasteiger partial charge is 0.0195 e. The highest BCUT2D eigenvalue weighted by atomic mass is 15.3. The van der Waals surface area contributed by atoms with Crippen LogP contribution in [-0.2, 0) is 0 Å². The van der Waals surface area contributed by atoms with E-state index in [1.807, 2.05) is 0 Å². The fraction of sp³-hybridized carbons (Fsp3) is 1.00. The first-order chi connectivity index (χ1) is 8.42. The van der Waals surface area contributed by atoms with Crippen LogP contribution >= 0.6 is 0 Å². The van der Waals surface area contributed by atoms with Crippen LogP contribution in [-0.4, -0.2) is 61.7 Å². The van der Waals surface area contributed by atoms with Crippen molar-refractivity contribution in [2.24, 2.45) is 5.41 Å². The Morgan fingerprint density at radius 2 is 1.89 bits per heavy atom. The summed E-state index contributed by atoms with van der Waals surface area (Å²) in [5.41, 5.74) is 0.453. The molecule has 1 unspecified atom stereocenters. The van der Waals surface area contributed by atoms with Gasteiger partial charge in [-0.1, -0.05) is 27.7 Å². The summed E-state index contributed by atoms with van der Waals surface area (Å²) in [6, 6.07) is 0.721. The van der Waals surface area contributed by atoms with Crippen LogP contribution in [0.3, 0.4) is 0 Å². The van der Waals surface area contributed by atoms with E-state index in [1.54, 1.807) is 0 Å². The third kappa shape index (κ3) is 6.17. The minimum atomic E-state index is 0.453. The summed E-state index contributed by atoms with van der Waals surface area (Å²) in [6.07, 6.45) is 1.26. The van der Waals surface area contributed by atoms with Gasteiger partial charge in [0.25, 0.3) is 0 Å². The molecule has 0 amide bonds. The van der Waals surface area contributed by atoms with Crippen LogP contribution in [0.1, 0.15) is 41.0 Å². The first-order valence-corrected chi connectivity index (χ1v) is 7.59. The van der Waals surface area contributed by atoms with E-state index in [0.717, 1.165) is 19.1 Å². The van der Waals surface area contributed by atoms with Crippen LogP contribution in [0.5, 0.6) is 0 Å². The fourth-order valence-electron chi connectivity index (χ4n) is 2.57. The molecular formula is C15H33N3. The van der Waals surface area contributed by atoms with Crippen LogP contribution in [0.4, 0.5) is 0 Å². The molecule has 1 rings (SSSR count). The zero-order valence-corrected chi connectivity index (χ0v) is 13.1. The number of hydrogen-bond acceptors (Lipinski definition) is 3. The van der Waals surface area contributed by atoms with Gasteiger partial charge in [-0.25, -0.2) is 0 Å². The first kappa shape index (κ1) is 15.9. The highest BCUT2D eigenvalue weighted by Crippen LogP contribution is 2.16. The minimum absolute atomic E-state index is 0.453. The molecule has 0 aromatic rings. The van der Waals surface area contributed by atoms with Gasteiger partial charge < -0.3 is 5.32 Å². The van der Waals surface area contributed by atoms with E-state index >= 15 is 0 Å². The van der Waals surface area contributed by atoms with E-state index < -0.39 is 0 Å². The average molecular weight is 255 g/mol.